The Kier molecular flexibility index (Phi) is 9.46. The first-order valence-electron chi connectivity index (χ1n) is 7.81. The molecule has 0 amide bonds. The van der Waals surface area contributed by atoms with Gasteiger partial charge in [-0.15, -0.1) is 0 Å². The molecule has 0 saturated heterocycles. The van der Waals surface area contributed by atoms with Crippen LogP contribution in [0.3, 0.4) is 0 Å². The Morgan fingerprint density at radius 3 is 2.43 bits per heavy atom. The molecule has 4 heteroatoms. The molecule has 0 radical (unpaired) electrons. The molecule has 21 heavy (non-hydrogen) atoms. The second-order valence-electron chi connectivity index (χ2n) is 4.18. The Morgan fingerprint density at radius 1 is 1.33 bits per heavy atom. The van der Waals surface area contributed by atoms with Gasteiger partial charge in [-0.05, 0) is 36.2 Å². The molecule has 120 valence electrons. The monoisotopic (exact) mass is 295 g/mol. The van der Waals surface area contributed by atoms with Crippen LogP contribution in [0.5, 0.6) is 5.75 Å². The van der Waals surface area contributed by atoms with Crippen LogP contribution in [0.4, 0.5) is 0 Å². The number of likely N-dealkylation sites (N-methyl/N-ethyl adjacent to an activating group) is 1. The zero-order chi connectivity index (χ0) is 16.4. The third kappa shape index (κ3) is 4.74. The lowest BCUT2D eigenvalue weighted by Gasteiger charge is -2.33. The predicted molar refractivity (Wildman–Crippen MR) is 87.0 cm³/mol. The van der Waals surface area contributed by atoms with Crippen LogP contribution in [0.2, 0.25) is 0 Å². The van der Waals surface area contributed by atoms with Gasteiger partial charge in [-0.1, -0.05) is 40.7 Å². The molecule has 1 aliphatic rings. The van der Waals surface area contributed by atoms with Gasteiger partial charge in [0, 0.05) is 6.54 Å². The van der Waals surface area contributed by atoms with E-state index in [1.54, 1.807) is 7.11 Å². The van der Waals surface area contributed by atoms with E-state index in [2.05, 4.69) is 0 Å². The minimum Gasteiger partial charge on any atom is -0.497 e. The summed E-state index contributed by atoms with van der Waals surface area (Å²) in [5.41, 5.74) is 1.98. The maximum atomic E-state index is 11.4. The number of hydrogen-bond donors (Lipinski definition) is 1. The van der Waals surface area contributed by atoms with Crippen LogP contribution < -0.4 is 4.74 Å². The van der Waals surface area contributed by atoms with Crippen molar-refractivity contribution in [3.8, 4) is 5.75 Å². The van der Waals surface area contributed by atoms with E-state index >= 15 is 0 Å². The van der Waals surface area contributed by atoms with Gasteiger partial charge in [-0.3, -0.25) is 9.69 Å². The van der Waals surface area contributed by atoms with Crippen LogP contribution >= 0.6 is 0 Å². The van der Waals surface area contributed by atoms with E-state index in [4.69, 9.17) is 4.74 Å². The van der Waals surface area contributed by atoms with Crippen molar-refractivity contribution in [2.75, 3.05) is 20.2 Å². The van der Waals surface area contributed by atoms with E-state index in [0.717, 1.165) is 36.4 Å². The van der Waals surface area contributed by atoms with Gasteiger partial charge in [0.25, 0.3) is 0 Å². The van der Waals surface area contributed by atoms with Crippen molar-refractivity contribution in [2.45, 2.75) is 47.1 Å². The molecule has 0 fully saturated rings. The van der Waals surface area contributed by atoms with Gasteiger partial charge in [-0.2, -0.15) is 0 Å². The van der Waals surface area contributed by atoms with Crippen LogP contribution in [-0.4, -0.2) is 36.2 Å². The summed E-state index contributed by atoms with van der Waals surface area (Å²) in [5.74, 6) is 0.0100. The highest BCUT2D eigenvalue weighted by molar-refractivity contribution is 5.76. The van der Waals surface area contributed by atoms with E-state index < -0.39 is 12.0 Å². The summed E-state index contributed by atoms with van der Waals surface area (Å²) in [6, 6.07) is 5.12. The molecule has 4 nitrogen and oxygen atoms in total. The highest BCUT2D eigenvalue weighted by Gasteiger charge is 2.31. The fraction of sp³-hybridized carbons (Fsp3) is 0.588. The van der Waals surface area contributed by atoms with E-state index in [1.807, 2.05) is 57.7 Å². The number of ether oxygens (including phenoxy) is 1. The number of rotatable bonds is 3. The molecule has 1 aliphatic heterocycles. The van der Waals surface area contributed by atoms with Gasteiger partial charge in [-0.25, -0.2) is 0 Å². The summed E-state index contributed by atoms with van der Waals surface area (Å²) in [6.07, 6.45) is 0.879. The number of hydrogen-bond acceptors (Lipinski definition) is 3. The van der Waals surface area contributed by atoms with Crippen LogP contribution in [0.25, 0.3) is 0 Å². The second-order valence-corrected chi connectivity index (χ2v) is 4.18. The zero-order valence-corrected chi connectivity index (χ0v) is 14.1. The highest BCUT2D eigenvalue weighted by atomic mass is 16.5. The van der Waals surface area contributed by atoms with Crippen LogP contribution in [0, 0.1) is 0 Å². The van der Waals surface area contributed by atoms with Crippen molar-refractivity contribution in [1.82, 2.24) is 4.90 Å². The summed E-state index contributed by atoms with van der Waals surface area (Å²) in [6.45, 7) is 11.5. The number of fused-ring (bicyclic) bond motifs is 1. The van der Waals surface area contributed by atoms with Crippen molar-refractivity contribution < 1.29 is 14.6 Å². The maximum Gasteiger partial charge on any atom is 0.325 e. The van der Waals surface area contributed by atoms with Gasteiger partial charge in [0.15, 0.2) is 0 Å². The molecule has 1 aromatic carbocycles. The molecule has 1 atom stereocenters. The summed E-state index contributed by atoms with van der Waals surface area (Å²) in [7, 11) is 1.62. The highest BCUT2D eigenvalue weighted by Crippen LogP contribution is 2.32. The largest absolute Gasteiger partial charge is 0.497 e. The first-order valence-corrected chi connectivity index (χ1v) is 7.81. The summed E-state index contributed by atoms with van der Waals surface area (Å²) < 4.78 is 5.17. The van der Waals surface area contributed by atoms with Crippen molar-refractivity contribution in [3.63, 3.8) is 0 Å². The minimum absolute atomic E-state index is 0.519. The molecule has 0 saturated carbocycles. The summed E-state index contributed by atoms with van der Waals surface area (Å²) >= 11 is 0. The van der Waals surface area contributed by atoms with Crippen LogP contribution in [0.15, 0.2) is 18.2 Å². The molecule has 2 rings (SSSR count). The lowest BCUT2D eigenvalue weighted by Crippen LogP contribution is -2.39. The smallest absolute Gasteiger partial charge is 0.325 e. The van der Waals surface area contributed by atoms with E-state index in [9.17, 15) is 9.90 Å². The molecule has 0 bridgehead atoms. The third-order valence-corrected chi connectivity index (χ3v) is 3.32. The van der Waals surface area contributed by atoms with Gasteiger partial charge in [0.1, 0.15) is 11.8 Å². The maximum absolute atomic E-state index is 11.4. The summed E-state index contributed by atoms with van der Waals surface area (Å²) in [4.78, 5) is 13.4. The van der Waals surface area contributed by atoms with E-state index in [1.165, 1.54) is 0 Å². The number of benzene rings is 1. The quantitative estimate of drug-likeness (QED) is 0.922. The average Bonchev–Trinajstić information content (AvgIpc) is 2.56. The Hall–Kier alpha value is -1.55. The second kappa shape index (κ2) is 10.2. The normalized spacial score (nSPS) is 16.6. The molecular formula is C17H29NO3. The third-order valence-electron chi connectivity index (χ3n) is 3.32. The first kappa shape index (κ1) is 19.4. The van der Waals surface area contributed by atoms with Gasteiger partial charge in [0.05, 0.1) is 7.11 Å². The molecule has 0 aliphatic carbocycles. The number of aliphatic carboxylic acids is 1. The molecule has 0 aromatic heterocycles. The van der Waals surface area contributed by atoms with Crippen molar-refractivity contribution >= 4 is 5.97 Å². The standard InChI is InChI=1S/C13H17NO3.2C2H6/c1-3-14-7-6-9-8-10(17-2)4-5-11(9)12(14)13(15)16;2*1-2/h4-5,8,12H,3,6-7H2,1-2H3,(H,15,16);2*1-2H3. The number of nitrogens with zero attached hydrogens (tertiary/aromatic N) is 1. The molecule has 1 unspecified atom stereocenters. The molecular weight excluding hydrogens is 266 g/mol. The van der Waals surface area contributed by atoms with Gasteiger partial charge >= 0.3 is 5.97 Å². The number of carbonyl (C=O) groups is 1. The van der Waals surface area contributed by atoms with E-state index in [-0.39, 0.29) is 0 Å². The van der Waals surface area contributed by atoms with Crippen molar-refractivity contribution in [3.05, 3.63) is 29.3 Å². The van der Waals surface area contributed by atoms with Gasteiger partial charge in [0.2, 0.25) is 0 Å². The van der Waals surface area contributed by atoms with Gasteiger partial charge < -0.3 is 9.84 Å². The Labute approximate surface area is 128 Å². The topological polar surface area (TPSA) is 49.8 Å². The molecule has 1 heterocycles. The molecule has 0 spiro atoms. The average molecular weight is 295 g/mol. The van der Waals surface area contributed by atoms with Crippen LogP contribution in [0.1, 0.15) is 51.8 Å². The lowest BCUT2D eigenvalue weighted by molar-refractivity contribution is -0.143. The molecule has 1 aromatic rings. The number of methoxy groups -OCH3 is 1. The summed E-state index contributed by atoms with van der Waals surface area (Å²) in [5, 5.41) is 9.34. The lowest BCUT2D eigenvalue weighted by atomic mass is 9.92. The SMILES string of the molecule is CC.CC.CCN1CCc2cc(OC)ccc2C1C(=O)O. The minimum atomic E-state index is -0.780. The molecule has 1 N–H and O–H groups in total. The number of carboxylic acids is 1. The number of carboxylic acid groups (broad SMARTS) is 1. The Bertz CT molecular complexity index is 432. The Balaban J connectivity index is 0.000000921. The fourth-order valence-corrected chi connectivity index (χ4v) is 2.41. The Morgan fingerprint density at radius 2 is 1.95 bits per heavy atom. The van der Waals surface area contributed by atoms with E-state index in [0.29, 0.717) is 0 Å². The zero-order valence-electron chi connectivity index (χ0n) is 14.1. The van der Waals surface area contributed by atoms with Crippen molar-refractivity contribution in [1.29, 1.82) is 0 Å². The first-order chi connectivity index (χ1) is 10.2. The van der Waals surface area contributed by atoms with Crippen LogP contribution in [-0.2, 0) is 11.2 Å². The fourth-order valence-electron chi connectivity index (χ4n) is 2.41. The van der Waals surface area contributed by atoms with Crippen molar-refractivity contribution in [2.24, 2.45) is 0 Å². The predicted octanol–water partition coefficient (Wildman–Crippen LogP) is 3.75.